The van der Waals surface area contributed by atoms with Crippen LogP contribution in [0.2, 0.25) is 0 Å². The second kappa shape index (κ2) is 5.67. The van der Waals surface area contributed by atoms with Gasteiger partial charge in [0.15, 0.2) is 0 Å². The van der Waals surface area contributed by atoms with E-state index in [4.69, 9.17) is 9.47 Å². The molecule has 124 valence electrons. The lowest BCUT2D eigenvalue weighted by atomic mass is 9.56. The van der Waals surface area contributed by atoms with Gasteiger partial charge in [0.25, 0.3) is 0 Å². The van der Waals surface area contributed by atoms with Gasteiger partial charge in [-0.2, -0.15) is 0 Å². The lowest BCUT2D eigenvalue weighted by molar-refractivity contribution is -0.162. The molecule has 0 aromatic carbocycles. The van der Waals surface area contributed by atoms with Crippen molar-refractivity contribution in [3.63, 3.8) is 0 Å². The van der Waals surface area contributed by atoms with Crippen LogP contribution in [-0.2, 0) is 14.3 Å². The molecule has 4 atom stereocenters. The topological polar surface area (TPSA) is 35.5 Å². The molecule has 2 fully saturated rings. The van der Waals surface area contributed by atoms with E-state index in [2.05, 4.69) is 26.8 Å². The average molecular weight is 306 g/mol. The molecule has 2 aliphatic carbocycles. The Hall–Kier alpha value is -0.830. The minimum atomic E-state index is -0.418. The maximum absolute atomic E-state index is 11.2. The van der Waals surface area contributed by atoms with E-state index in [0.717, 1.165) is 12.3 Å². The number of hydrogen-bond donors (Lipinski definition) is 0. The average Bonchev–Trinajstić information content (AvgIpc) is 2.79. The molecule has 1 aliphatic heterocycles. The van der Waals surface area contributed by atoms with E-state index < -0.39 is 6.29 Å². The first kappa shape index (κ1) is 16.0. The van der Waals surface area contributed by atoms with Crippen LogP contribution in [0.25, 0.3) is 0 Å². The first-order chi connectivity index (χ1) is 10.3. The number of hydrogen-bond acceptors (Lipinski definition) is 3. The summed E-state index contributed by atoms with van der Waals surface area (Å²) in [6.45, 7) is 9.50. The minimum Gasteiger partial charge on any atom is -0.432 e. The Labute approximate surface area is 134 Å². The fourth-order valence-electron chi connectivity index (χ4n) is 5.18. The van der Waals surface area contributed by atoms with Crippen LogP contribution in [0.1, 0.15) is 66.2 Å². The molecule has 3 aliphatic rings. The molecule has 0 aromatic rings. The highest BCUT2D eigenvalue weighted by molar-refractivity contribution is 5.66. The number of ether oxygens (including phenoxy) is 2. The minimum absolute atomic E-state index is 0.255. The Morgan fingerprint density at radius 2 is 2.09 bits per heavy atom. The monoisotopic (exact) mass is 306 g/mol. The molecule has 3 nitrogen and oxygen atoms in total. The van der Waals surface area contributed by atoms with Crippen molar-refractivity contribution < 1.29 is 14.3 Å². The van der Waals surface area contributed by atoms with E-state index in [1.807, 2.05) is 0 Å². The van der Waals surface area contributed by atoms with Gasteiger partial charge in [0.2, 0.25) is 6.29 Å². The van der Waals surface area contributed by atoms with Crippen LogP contribution in [-0.4, -0.2) is 18.9 Å². The first-order valence-electron chi connectivity index (χ1n) is 8.78. The summed E-state index contributed by atoms with van der Waals surface area (Å²) >= 11 is 0. The smallest absolute Gasteiger partial charge is 0.305 e. The predicted molar refractivity (Wildman–Crippen MR) is 86.2 cm³/mol. The summed E-state index contributed by atoms with van der Waals surface area (Å²) in [6.07, 6.45) is 9.59. The third-order valence-corrected chi connectivity index (χ3v) is 6.14. The second-order valence-electron chi connectivity index (χ2n) is 8.69. The van der Waals surface area contributed by atoms with Gasteiger partial charge in [0.1, 0.15) is 0 Å². The van der Waals surface area contributed by atoms with Gasteiger partial charge in [0, 0.05) is 12.8 Å². The number of carbonyl (C=O) groups is 1. The predicted octanol–water partition coefficient (Wildman–Crippen LogP) is 4.46. The Kier molecular flexibility index (Phi) is 4.13. The van der Waals surface area contributed by atoms with E-state index in [9.17, 15) is 4.79 Å². The SMILES string of the molecule is CC(=O)OC1OCC2CC(C3(C)CCCC(C)(C)C3)CC=C21. The van der Waals surface area contributed by atoms with Gasteiger partial charge in [0.05, 0.1) is 6.61 Å². The first-order valence-corrected chi connectivity index (χ1v) is 8.78. The molecule has 0 amide bonds. The standard InChI is InChI=1S/C19H30O3/c1-13(20)22-17-16-7-6-15(10-14(16)11-21-17)19(4)9-5-8-18(2,3)12-19/h7,14-15,17H,5-6,8-12H2,1-4H3. The lowest BCUT2D eigenvalue weighted by Crippen LogP contribution is -2.39. The zero-order valence-electron chi connectivity index (χ0n) is 14.5. The van der Waals surface area contributed by atoms with E-state index in [-0.39, 0.29) is 5.97 Å². The maximum Gasteiger partial charge on any atom is 0.305 e. The molecule has 1 heterocycles. The van der Waals surface area contributed by atoms with Crippen LogP contribution in [0, 0.1) is 22.7 Å². The van der Waals surface area contributed by atoms with Crippen molar-refractivity contribution in [2.45, 2.75) is 72.5 Å². The Balaban J connectivity index is 1.71. The number of esters is 1. The summed E-state index contributed by atoms with van der Waals surface area (Å²) in [6, 6.07) is 0. The van der Waals surface area contributed by atoms with Crippen molar-refractivity contribution in [1.29, 1.82) is 0 Å². The van der Waals surface area contributed by atoms with Crippen LogP contribution >= 0.6 is 0 Å². The Morgan fingerprint density at radius 1 is 1.32 bits per heavy atom. The molecule has 0 N–H and O–H groups in total. The van der Waals surface area contributed by atoms with Gasteiger partial charge in [-0.1, -0.05) is 33.3 Å². The largest absolute Gasteiger partial charge is 0.432 e. The molecule has 0 aromatic heterocycles. The molecule has 22 heavy (non-hydrogen) atoms. The lowest BCUT2D eigenvalue weighted by Gasteiger charge is -2.49. The molecule has 1 saturated heterocycles. The van der Waals surface area contributed by atoms with Gasteiger partial charge < -0.3 is 9.47 Å². The summed E-state index contributed by atoms with van der Waals surface area (Å²) < 4.78 is 11.0. The van der Waals surface area contributed by atoms with E-state index in [1.54, 1.807) is 0 Å². The third-order valence-electron chi connectivity index (χ3n) is 6.14. The molecule has 0 spiro atoms. The molecular weight excluding hydrogens is 276 g/mol. The van der Waals surface area contributed by atoms with E-state index >= 15 is 0 Å². The van der Waals surface area contributed by atoms with Crippen molar-refractivity contribution in [3.05, 3.63) is 11.6 Å². The van der Waals surface area contributed by atoms with Gasteiger partial charge in [-0.25, -0.2) is 0 Å². The number of carbonyl (C=O) groups excluding carboxylic acids is 1. The number of rotatable bonds is 2. The fraction of sp³-hybridized carbons (Fsp3) is 0.842. The molecule has 0 radical (unpaired) electrons. The molecule has 4 unspecified atom stereocenters. The van der Waals surface area contributed by atoms with E-state index in [0.29, 0.717) is 23.4 Å². The third kappa shape index (κ3) is 3.10. The van der Waals surface area contributed by atoms with Crippen LogP contribution in [0.3, 0.4) is 0 Å². The Bertz CT molecular complexity index is 479. The highest BCUT2D eigenvalue weighted by Crippen LogP contribution is 2.54. The zero-order valence-corrected chi connectivity index (χ0v) is 14.5. The summed E-state index contributed by atoms with van der Waals surface area (Å²) in [5.74, 6) is 0.931. The van der Waals surface area contributed by atoms with Crippen LogP contribution in [0.4, 0.5) is 0 Å². The quantitative estimate of drug-likeness (QED) is 0.558. The highest BCUT2D eigenvalue weighted by atomic mass is 16.7. The van der Waals surface area contributed by atoms with Crippen LogP contribution in [0.15, 0.2) is 11.6 Å². The van der Waals surface area contributed by atoms with Gasteiger partial charge >= 0.3 is 5.97 Å². The number of allylic oxidation sites excluding steroid dienone is 1. The zero-order chi connectivity index (χ0) is 16.0. The normalized spacial score (nSPS) is 40.7. The second-order valence-corrected chi connectivity index (χ2v) is 8.69. The summed E-state index contributed by atoms with van der Waals surface area (Å²) in [5, 5.41) is 0. The van der Waals surface area contributed by atoms with Crippen LogP contribution in [0.5, 0.6) is 0 Å². The summed E-state index contributed by atoms with van der Waals surface area (Å²) in [7, 11) is 0. The molecule has 3 rings (SSSR count). The van der Waals surface area contributed by atoms with Crippen LogP contribution < -0.4 is 0 Å². The van der Waals surface area contributed by atoms with Gasteiger partial charge in [-0.15, -0.1) is 0 Å². The molecule has 0 bridgehead atoms. The van der Waals surface area contributed by atoms with Crippen molar-refractivity contribution in [2.75, 3.05) is 6.61 Å². The van der Waals surface area contributed by atoms with Crippen molar-refractivity contribution >= 4 is 5.97 Å². The molecule has 1 saturated carbocycles. The molecule has 3 heteroatoms. The number of fused-ring (bicyclic) bond motifs is 1. The van der Waals surface area contributed by atoms with Crippen molar-refractivity contribution in [3.8, 4) is 0 Å². The highest BCUT2D eigenvalue weighted by Gasteiger charge is 2.46. The maximum atomic E-state index is 11.2. The van der Waals surface area contributed by atoms with Crippen molar-refractivity contribution in [1.82, 2.24) is 0 Å². The van der Waals surface area contributed by atoms with Gasteiger partial charge in [-0.3, -0.25) is 4.79 Å². The summed E-state index contributed by atoms with van der Waals surface area (Å²) in [5.41, 5.74) is 2.14. The van der Waals surface area contributed by atoms with Gasteiger partial charge in [-0.05, 0) is 54.4 Å². The summed E-state index contributed by atoms with van der Waals surface area (Å²) in [4.78, 5) is 11.2. The Morgan fingerprint density at radius 3 is 2.77 bits per heavy atom. The fourth-order valence-corrected chi connectivity index (χ4v) is 5.18. The van der Waals surface area contributed by atoms with E-state index in [1.165, 1.54) is 44.6 Å². The van der Waals surface area contributed by atoms with Crippen molar-refractivity contribution in [2.24, 2.45) is 22.7 Å². The molecular formula is C19H30O3.